The highest BCUT2D eigenvalue weighted by Crippen LogP contribution is 2.09. The van der Waals surface area contributed by atoms with Crippen molar-refractivity contribution >= 4 is 5.65 Å². The quantitative estimate of drug-likeness (QED) is 0.702. The minimum atomic E-state index is -0.0337. The van der Waals surface area contributed by atoms with Gasteiger partial charge in [0.25, 0.3) is 0 Å². The van der Waals surface area contributed by atoms with Crippen molar-refractivity contribution in [3.63, 3.8) is 0 Å². The Kier molecular flexibility index (Phi) is 1.77. The Morgan fingerprint density at radius 3 is 2.77 bits per heavy atom. The Morgan fingerprint density at radius 1 is 1.31 bits per heavy atom. The van der Waals surface area contributed by atoms with Crippen LogP contribution in [0.15, 0.2) is 12.4 Å². The first kappa shape index (κ1) is 8.19. The minimum Gasteiger partial charge on any atom is -0.390 e. The lowest BCUT2D eigenvalue weighted by atomic mass is 10.4. The fourth-order valence-electron chi connectivity index (χ4n) is 1.41. The maximum absolute atomic E-state index is 8.93. The van der Waals surface area contributed by atoms with E-state index in [0.717, 1.165) is 17.0 Å². The van der Waals surface area contributed by atoms with Gasteiger partial charge in [-0.05, 0) is 13.8 Å². The minimum absolute atomic E-state index is 0.0337. The van der Waals surface area contributed by atoms with Gasteiger partial charge in [0, 0.05) is 12.4 Å². The Hall–Kier alpha value is -1.42. The number of rotatable bonds is 1. The highest BCUT2D eigenvalue weighted by atomic mass is 16.3. The summed E-state index contributed by atoms with van der Waals surface area (Å²) in [6.07, 6.45) is 3.71. The number of hydrogen-bond donors (Lipinski definition) is 1. The van der Waals surface area contributed by atoms with Gasteiger partial charge in [-0.25, -0.2) is 4.98 Å². The van der Waals surface area contributed by atoms with Crippen LogP contribution in [0.4, 0.5) is 0 Å². The first-order valence-corrected chi connectivity index (χ1v) is 4.13. The molecule has 0 fully saturated rings. The zero-order valence-electron chi connectivity index (χ0n) is 7.65. The van der Waals surface area contributed by atoms with Crippen LogP contribution in [0.1, 0.15) is 17.1 Å². The molecule has 0 bridgehead atoms. The summed E-state index contributed by atoms with van der Waals surface area (Å²) in [5, 5.41) is 8.93. The Bertz CT molecular complexity index is 447. The normalized spacial score (nSPS) is 11.0. The summed E-state index contributed by atoms with van der Waals surface area (Å²) in [6, 6.07) is 0. The van der Waals surface area contributed by atoms with Crippen LogP contribution in [0.5, 0.6) is 0 Å². The van der Waals surface area contributed by atoms with Gasteiger partial charge >= 0.3 is 0 Å². The van der Waals surface area contributed by atoms with Crippen molar-refractivity contribution < 1.29 is 5.11 Å². The van der Waals surface area contributed by atoms with E-state index in [4.69, 9.17) is 5.11 Å². The van der Waals surface area contributed by atoms with Gasteiger partial charge in [-0.2, -0.15) is 0 Å². The van der Waals surface area contributed by atoms with Gasteiger partial charge in [0.2, 0.25) is 0 Å². The number of aryl methyl sites for hydroxylation is 2. The largest absolute Gasteiger partial charge is 0.390 e. The highest BCUT2D eigenvalue weighted by molar-refractivity contribution is 5.44. The molecule has 0 saturated carbocycles. The summed E-state index contributed by atoms with van der Waals surface area (Å²) < 4.78 is 1.89. The van der Waals surface area contributed by atoms with Crippen molar-refractivity contribution in [1.29, 1.82) is 0 Å². The van der Waals surface area contributed by atoms with Crippen LogP contribution in [0.25, 0.3) is 5.65 Å². The molecule has 4 nitrogen and oxygen atoms in total. The molecule has 2 heterocycles. The first-order valence-electron chi connectivity index (χ1n) is 4.13. The lowest BCUT2D eigenvalue weighted by Crippen LogP contribution is -1.97. The maximum atomic E-state index is 8.93. The molecule has 0 aliphatic carbocycles. The van der Waals surface area contributed by atoms with E-state index in [2.05, 4.69) is 9.97 Å². The van der Waals surface area contributed by atoms with Crippen LogP contribution < -0.4 is 0 Å². The zero-order chi connectivity index (χ0) is 9.42. The molecule has 0 saturated heterocycles. The monoisotopic (exact) mass is 177 g/mol. The van der Waals surface area contributed by atoms with Crippen LogP contribution in [0.3, 0.4) is 0 Å². The third-order valence-electron chi connectivity index (χ3n) is 1.94. The van der Waals surface area contributed by atoms with E-state index in [1.54, 1.807) is 6.20 Å². The maximum Gasteiger partial charge on any atom is 0.158 e. The fourth-order valence-corrected chi connectivity index (χ4v) is 1.41. The molecule has 0 aliphatic heterocycles. The average molecular weight is 177 g/mol. The van der Waals surface area contributed by atoms with E-state index in [0.29, 0.717) is 5.69 Å². The molecule has 0 radical (unpaired) electrons. The summed E-state index contributed by atoms with van der Waals surface area (Å²) in [7, 11) is 0. The van der Waals surface area contributed by atoms with E-state index in [-0.39, 0.29) is 6.61 Å². The van der Waals surface area contributed by atoms with Crippen molar-refractivity contribution in [2.24, 2.45) is 0 Å². The third-order valence-corrected chi connectivity index (χ3v) is 1.94. The number of aliphatic hydroxyl groups excluding tert-OH is 1. The van der Waals surface area contributed by atoms with E-state index in [1.807, 2.05) is 24.4 Å². The second kappa shape index (κ2) is 2.81. The number of aliphatic hydroxyl groups is 1. The topological polar surface area (TPSA) is 50.4 Å². The van der Waals surface area contributed by atoms with Crippen LogP contribution in [-0.2, 0) is 6.61 Å². The molecule has 2 aromatic heterocycles. The number of imidazole rings is 1. The number of hydrogen-bond acceptors (Lipinski definition) is 3. The van der Waals surface area contributed by atoms with E-state index in [9.17, 15) is 0 Å². The van der Waals surface area contributed by atoms with Crippen LogP contribution >= 0.6 is 0 Å². The summed E-state index contributed by atoms with van der Waals surface area (Å²) in [6.45, 7) is 3.79. The van der Waals surface area contributed by atoms with Crippen molar-refractivity contribution in [3.8, 4) is 0 Å². The number of nitrogens with zero attached hydrogens (tertiary/aromatic N) is 3. The van der Waals surface area contributed by atoms with E-state index >= 15 is 0 Å². The van der Waals surface area contributed by atoms with Gasteiger partial charge < -0.3 is 9.51 Å². The highest BCUT2D eigenvalue weighted by Gasteiger charge is 2.03. The smallest absolute Gasteiger partial charge is 0.158 e. The van der Waals surface area contributed by atoms with E-state index < -0.39 is 0 Å². The zero-order valence-corrected chi connectivity index (χ0v) is 7.65. The second-order valence-corrected chi connectivity index (χ2v) is 3.09. The molecule has 0 amide bonds. The van der Waals surface area contributed by atoms with Gasteiger partial charge in [0.1, 0.15) is 0 Å². The van der Waals surface area contributed by atoms with Gasteiger partial charge in [-0.1, -0.05) is 0 Å². The predicted molar refractivity (Wildman–Crippen MR) is 48.4 cm³/mol. The van der Waals surface area contributed by atoms with Gasteiger partial charge in [-0.3, -0.25) is 4.98 Å². The Labute approximate surface area is 75.9 Å². The van der Waals surface area contributed by atoms with Crippen molar-refractivity contribution in [1.82, 2.24) is 14.4 Å². The number of fused-ring (bicyclic) bond motifs is 1. The number of aromatic nitrogens is 3. The molecule has 0 aliphatic rings. The molecule has 2 aromatic rings. The summed E-state index contributed by atoms with van der Waals surface area (Å²) in [5.41, 5.74) is 3.33. The molecule has 0 unspecified atom stereocenters. The Balaban J connectivity index is 2.75. The fraction of sp³-hybridized carbons (Fsp3) is 0.333. The first-order chi connectivity index (χ1) is 6.20. The van der Waals surface area contributed by atoms with Crippen molar-refractivity contribution in [2.45, 2.75) is 20.5 Å². The SMILES string of the molecule is Cc1cn2cc(CO)nc(C)c2n1. The summed E-state index contributed by atoms with van der Waals surface area (Å²) >= 11 is 0. The Morgan fingerprint density at radius 2 is 2.08 bits per heavy atom. The molecule has 2 rings (SSSR count). The van der Waals surface area contributed by atoms with E-state index in [1.165, 1.54) is 0 Å². The molecule has 13 heavy (non-hydrogen) atoms. The van der Waals surface area contributed by atoms with Gasteiger partial charge in [-0.15, -0.1) is 0 Å². The molecule has 68 valence electrons. The van der Waals surface area contributed by atoms with Crippen LogP contribution in [0, 0.1) is 13.8 Å². The van der Waals surface area contributed by atoms with Crippen LogP contribution in [0.2, 0.25) is 0 Å². The predicted octanol–water partition coefficient (Wildman–Crippen LogP) is 0.838. The van der Waals surface area contributed by atoms with Crippen LogP contribution in [-0.4, -0.2) is 19.5 Å². The van der Waals surface area contributed by atoms with Gasteiger partial charge in [0.05, 0.1) is 23.7 Å². The lowest BCUT2D eigenvalue weighted by molar-refractivity contribution is 0.276. The van der Waals surface area contributed by atoms with Gasteiger partial charge in [0.15, 0.2) is 5.65 Å². The summed E-state index contributed by atoms with van der Waals surface area (Å²) in [5.74, 6) is 0. The average Bonchev–Trinajstić information content (AvgIpc) is 2.46. The standard InChI is InChI=1S/C9H11N3O/c1-6-3-12-4-8(5-13)11-7(2)9(12)10-6/h3-4,13H,5H2,1-2H3. The third kappa shape index (κ3) is 1.29. The second-order valence-electron chi connectivity index (χ2n) is 3.09. The molecule has 0 spiro atoms. The van der Waals surface area contributed by atoms with Crippen molar-refractivity contribution in [2.75, 3.05) is 0 Å². The molecular weight excluding hydrogens is 166 g/mol. The molecule has 0 atom stereocenters. The summed E-state index contributed by atoms with van der Waals surface area (Å²) in [4.78, 5) is 8.51. The lowest BCUT2D eigenvalue weighted by Gasteiger charge is -2.00. The molecule has 1 N–H and O–H groups in total. The molecular formula is C9H11N3O. The molecule has 4 heteroatoms. The molecule has 0 aromatic carbocycles. The van der Waals surface area contributed by atoms with Crippen molar-refractivity contribution in [3.05, 3.63) is 29.5 Å².